The molecule has 0 fully saturated rings. The van der Waals surface area contributed by atoms with Crippen LogP contribution in [-0.4, -0.2) is 30.8 Å². The Morgan fingerprint density at radius 1 is 1.14 bits per heavy atom. The van der Waals surface area contributed by atoms with Crippen molar-refractivity contribution in [1.82, 2.24) is 25.0 Å². The number of amidine groups is 1. The summed E-state index contributed by atoms with van der Waals surface area (Å²) in [5.41, 5.74) is 3.10. The summed E-state index contributed by atoms with van der Waals surface area (Å²) in [7, 11) is 1.81. The Bertz CT molecular complexity index is 1270. The molecule has 1 aromatic carbocycles. The van der Waals surface area contributed by atoms with Crippen LogP contribution in [-0.2, 0) is 7.05 Å². The van der Waals surface area contributed by atoms with Crippen LogP contribution in [0.3, 0.4) is 0 Å². The quantitative estimate of drug-likeness (QED) is 0.515. The fourth-order valence-electron chi connectivity index (χ4n) is 3.24. The minimum atomic E-state index is -0.750. The van der Waals surface area contributed by atoms with Gasteiger partial charge in [-0.1, -0.05) is 17.7 Å². The van der Waals surface area contributed by atoms with Crippen molar-refractivity contribution in [2.45, 2.75) is 0 Å². The number of anilines is 1. The fourth-order valence-corrected chi connectivity index (χ4v) is 3.42. The van der Waals surface area contributed by atoms with Gasteiger partial charge in [-0.05, 0) is 24.3 Å². The first-order valence-corrected chi connectivity index (χ1v) is 8.93. The topological polar surface area (TPSA) is 83.8 Å². The summed E-state index contributed by atoms with van der Waals surface area (Å²) in [6.07, 6.45) is 3.23. The Kier molecular flexibility index (Phi) is 3.92. The minimum absolute atomic E-state index is 0.0287. The second kappa shape index (κ2) is 6.49. The lowest BCUT2D eigenvalue weighted by Crippen LogP contribution is -2.17. The predicted molar refractivity (Wildman–Crippen MR) is 105 cm³/mol. The summed E-state index contributed by atoms with van der Waals surface area (Å²) in [6.45, 7) is 0. The summed E-state index contributed by atoms with van der Waals surface area (Å²) in [4.78, 5) is 8.83. The molecule has 0 aliphatic carbocycles. The van der Waals surface area contributed by atoms with Gasteiger partial charge in [0.05, 0.1) is 34.5 Å². The van der Waals surface area contributed by atoms with E-state index in [1.54, 1.807) is 17.1 Å². The van der Waals surface area contributed by atoms with Gasteiger partial charge in [0.25, 0.3) is 0 Å². The van der Waals surface area contributed by atoms with Gasteiger partial charge in [-0.25, -0.2) is 13.8 Å². The van der Waals surface area contributed by atoms with Crippen molar-refractivity contribution < 1.29 is 8.78 Å². The molecule has 0 spiro atoms. The molecule has 1 aliphatic rings. The number of nitrogens with one attached hydrogen (secondary N) is 2. The van der Waals surface area contributed by atoms with E-state index in [4.69, 9.17) is 11.6 Å². The molecule has 4 heterocycles. The van der Waals surface area contributed by atoms with E-state index < -0.39 is 11.6 Å². The monoisotopic (exact) mass is 411 g/mol. The molecule has 144 valence electrons. The number of nitrogens with zero attached hydrogens (tertiary/aromatic N) is 5. The van der Waals surface area contributed by atoms with E-state index in [1.807, 2.05) is 19.2 Å². The molecule has 0 amide bonds. The van der Waals surface area contributed by atoms with E-state index in [0.717, 1.165) is 17.8 Å². The zero-order valence-corrected chi connectivity index (χ0v) is 15.7. The highest BCUT2D eigenvalue weighted by Gasteiger charge is 2.25. The smallest absolute Gasteiger partial charge is 0.177 e. The lowest BCUT2D eigenvalue weighted by molar-refractivity contribution is 0.579. The molecule has 0 unspecified atom stereocenters. The van der Waals surface area contributed by atoms with Crippen LogP contribution in [0.4, 0.5) is 20.2 Å². The highest BCUT2D eigenvalue weighted by Crippen LogP contribution is 2.41. The van der Waals surface area contributed by atoms with Crippen LogP contribution in [0.15, 0.2) is 47.7 Å². The van der Waals surface area contributed by atoms with Crippen LogP contribution in [0.25, 0.3) is 22.6 Å². The third-order valence-electron chi connectivity index (χ3n) is 4.63. The zero-order chi connectivity index (χ0) is 20.1. The Morgan fingerprint density at radius 3 is 2.66 bits per heavy atom. The third-order valence-corrected chi connectivity index (χ3v) is 4.89. The van der Waals surface area contributed by atoms with E-state index in [9.17, 15) is 8.78 Å². The number of hydrogen-bond acceptors (Lipinski definition) is 5. The first kappa shape index (κ1) is 17.5. The highest BCUT2D eigenvalue weighted by molar-refractivity contribution is 6.33. The molecule has 0 atom stereocenters. The summed E-state index contributed by atoms with van der Waals surface area (Å²) >= 11 is 6.20. The van der Waals surface area contributed by atoms with Crippen molar-refractivity contribution >= 4 is 28.8 Å². The van der Waals surface area contributed by atoms with E-state index in [0.29, 0.717) is 22.6 Å². The van der Waals surface area contributed by atoms with Gasteiger partial charge in [-0.3, -0.25) is 14.8 Å². The summed E-state index contributed by atoms with van der Waals surface area (Å²) in [6, 6.07) is 7.25. The normalized spacial score (nSPS) is 12.6. The highest BCUT2D eigenvalue weighted by atomic mass is 35.5. The standard InChI is InChI=1S/C19H12ClF2N7/c1-29-14(5-6-24-29)12-7-9-13(8-23-12)25-19(15-10(21)3-2-4-11(15)22)26-17-16(9)27-28-18(17)20/h2-8H,1H3,(H,25,26)(H,27,28). The molecule has 0 radical (unpaired) electrons. The number of halogens is 3. The maximum Gasteiger partial charge on any atom is 0.177 e. The zero-order valence-electron chi connectivity index (χ0n) is 14.9. The molecule has 29 heavy (non-hydrogen) atoms. The molecular weight excluding hydrogens is 400 g/mol. The Balaban J connectivity index is 1.73. The number of aromatic amines is 1. The van der Waals surface area contributed by atoms with Gasteiger partial charge in [-0.15, -0.1) is 0 Å². The molecule has 3 aromatic heterocycles. The number of rotatable bonds is 2. The summed E-state index contributed by atoms with van der Waals surface area (Å²) in [5.74, 6) is -1.53. The van der Waals surface area contributed by atoms with Crippen molar-refractivity contribution in [3.63, 3.8) is 0 Å². The molecule has 4 aromatic rings. The van der Waals surface area contributed by atoms with Gasteiger partial charge in [0.15, 0.2) is 5.15 Å². The predicted octanol–water partition coefficient (Wildman–Crippen LogP) is 4.31. The third kappa shape index (κ3) is 2.78. The molecule has 1 aliphatic heterocycles. The number of hydrogen-bond donors (Lipinski definition) is 2. The van der Waals surface area contributed by atoms with Crippen molar-refractivity contribution in [3.8, 4) is 22.6 Å². The summed E-state index contributed by atoms with van der Waals surface area (Å²) < 4.78 is 30.5. The number of aromatic nitrogens is 5. The molecule has 0 bridgehead atoms. The number of pyridine rings is 1. The number of aryl methyl sites for hydroxylation is 1. The van der Waals surface area contributed by atoms with Crippen molar-refractivity contribution in [3.05, 3.63) is 65.1 Å². The average Bonchev–Trinajstić information content (AvgIpc) is 3.23. The SMILES string of the molecule is Cn1nccc1-c1cc2c(cn1)NC(c1c(F)cccc1F)=Nc1c(Cl)n[nH]c1-2. The first-order chi connectivity index (χ1) is 14.0. The average molecular weight is 412 g/mol. The second-order valence-corrected chi connectivity index (χ2v) is 6.73. The van der Waals surface area contributed by atoms with Crippen molar-refractivity contribution in [1.29, 1.82) is 0 Å². The molecule has 7 nitrogen and oxygen atoms in total. The van der Waals surface area contributed by atoms with Crippen LogP contribution in [0.5, 0.6) is 0 Å². The van der Waals surface area contributed by atoms with Gasteiger partial charge in [-0.2, -0.15) is 10.2 Å². The Hall–Kier alpha value is -3.59. The molecule has 5 rings (SSSR count). The number of aliphatic imine (C=N–C) groups is 1. The van der Waals surface area contributed by atoms with E-state index in [2.05, 4.69) is 30.6 Å². The molecule has 10 heteroatoms. The number of benzene rings is 1. The maximum absolute atomic E-state index is 14.4. The van der Waals surface area contributed by atoms with Gasteiger partial charge in [0.1, 0.15) is 23.2 Å². The Morgan fingerprint density at radius 2 is 1.93 bits per heavy atom. The Labute approximate surface area is 168 Å². The van der Waals surface area contributed by atoms with Crippen LogP contribution in [0.2, 0.25) is 5.15 Å². The number of fused-ring (bicyclic) bond motifs is 3. The first-order valence-electron chi connectivity index (χ1n) is 8.55. The lowest BCUT2D eigenvalue weighted by Gasteiger charge is -2.12. The van der Waals surface area contributed by atoms with Gasteiger partial charge >= 0.3 is 0 Å². The molecule has 2 N–H and O–H groups in total. The van der Waals surface area contributed by atoms with Crippen molar-refractivity contribution in [2.75, 3.05) is 5.32 Å². The van der Waals surface area contributed by atoms with Gasteiger partial charge < -0.3 is 5.32 Å². The second-order valence-electron chi connectivity index (χ2n) is 6.38. The summed E-state index contributed by atoms with van der Waals surface area (Å²) in [5, 5.41) is 14.1. The van der Waals surface area contributed by atoms with Crippen LogP contribution >= 0.6 is 11.6 Å². The van der Waals surface area contributed by atoms with Crippen molar-refractivity contribution in [2.24, 2.45) is 12.0 Å². The molecule has 0 saturated heterocycles. The van der Waals surface area contributed by atoms with Crippen LogP contribution < -0.4 is 5.32 Å². The number of H-pyrrole nitrogens is 1. The van der Waals surface area contributed by atoms with Gasteiger partial charge in [0.2, 0.25) is 0 Å². The maximum atomic E-state index is 14.4. The van der Waals surface area contributed by atoms with Crippen LogP contribution in [0.1, 0.15) is 5.56 Å². The largest absolute Gasteiger partial charge is 0.338 e. The molecular formula is C19H12ClF2N7. The fraction of sp³-hybridized carbons (Fsp3) is 0.0526. The van der Waals surface area contributed by atoms with E-state index in [1.165, 1.54) is 6.07 Å². The molecule has 0 saturated carbocycles. The van der Waals surface area contributed by atoms with Gasteiger partial charge in [0, 0.05) is 18.8 Å². The van der Waals surface area contributed by atoms with E-state index >= 15 is 0 Å². The van der Waals surface area contributed by atoms with Crippen LogP contribution in [0, 0.1) is 11.6 Å². The lowest BCUT2D eigenvalue weighted by atomic mass is 10.1. The van der Waals surface area contributed by atoms with E-state index in [-0.39, 0.29) is 22.2 Å². The minimum Gasteiger partial charge on any atom is -0.338 e.